The quantitative estimate of drug-likeness (QED) is 0.610. The van der Waals surface area contributed by atoms with Gasteiger partial charge in [0.25, 0.3) is 0 Å². The van der Waals surface area contributed by atoms with Crippen LogP contribution in [0.4, 0.5) is 0 Å². The Bertz CT molecular complexity index is 934. The third-order valence-electron chi connectivity index (χ3n) is 5.44. The van der Waals surface area contributed by atoms with E-state index in [0.29, 0.717) is 17.9 Å². The first-order chi connectivity index (χ1) is 13.5. The van der Waals surface area contributed by atoms with E-state index in [1.54, 1.807) is 0 Å². The summed E-state index contributed by atoms with van der Waals surface area (Å²) in [4.78, 5) is 6.87. The first kappa shape index (κ1) is 19.4. The zero-order valence-electron chi connectivity index (χ0n) is 15.5. The number of halogens is 2. The van der Waals surface area contributed by atoms with Gasteiger partial charge in [0.05, 0.1) is 11.3 Å². The fraction of sp³-hybridized carbons (Fsp3) is 0.261. The van der Waals surface area contributed by atoms with E-state index in [2.05, 4.69) is 22.0 Å². The predicted octanol–water partition coefficient (Wildman–Crippen LogP) is 5.54. The van der Waals surface area contributed by atoms with Crippen molar-refractivity contribution in [3.8, 4) is 11.3 Å². The maximum atomic E-state index is 11.0. The summed E-state index contributed by atoms with van der Waals surface area (Å²) in [6.45, 7) is 2.54. The largest absolute Gasteiger partial charge is 0.385 e. The van der Waals surface area contributed by atoms with E-state index in [9.17, 15) is 5.11 Å². The molecule has 0 spiro atoms. The second-order valence-corrected chi connectivity index (χ2v) is 8.24. The minimum Gasteiger partial charge on any atom is -0.385 e. The fourth-order valence-electron chi connectivity index (χ4n) is 3.74. The molecule has 0 aliphatic carbocycles. The number of hydrogen-bond donors (Lipinski definition) is 1. The number of pyridine rings is 1. The van der Waals surface area contributed by atoms with Gasteiger partial charge in [-0.05, 0) is 60.4 Å². The Labute approximate surface area is 175 Å². The standard InChI is InChI=1S/C23H22Cl2N2O/c24-20-5-1-18(2-6-20)22-15-17(9-12-26-22)16-27-13-10-23(28,11-14-27)19-3-7-21(25)8-4-19/h1-9,12,15,28H,10-11,13-14,16H2. The summed E-state index contributed by atoms with van der Waals surface area (Å²) in [6.07, 6.45) is 3.28. The zero-order valence-corrected chi connectivity index (χ0v) is 17.0. The number of likely N-dealkylation sites (tertiary alicyclic amines) is 1. The molecular formula is C23H22Cl2N2O. The monoisotopic (exact) mass is 412 g/mol. The number of hydrogen-bond acceptors (Lipinski definition) is 3. The molecule has 144 valence electrons. The molecule has 0 amide bonds. The van der Waals surface area contributed by atoms with Gasteiger partial charge in [-0.25, -0.2) is 0 Å². The summed E-state index contributed by atoms with van der Waals surface area (Å²) in [5.41, 5.74) is 3.40. The highest BCUT2D eigenvalue weighted by Gasteiger charge is 2.33. The molecule has 0 bridgehead atoms. The smallest absolute Gasteiger partial charge is 0.0920 e. The molecule has 1 fully saturated rings. The third kappa shape index (κ3) is 4.39. The van der Waals surface area contributed by atoms with Crippen molar-refractivity contribution in [1.29, 1.82) is 0 Å². The molecule has 2 heterocycles. The molecule has 1 aromatic heterocycles. The Morgan fingerprint density at radius 2 is 1.50 bits per heavy atom. The first-order valence-electron chi connectivity index (χ1n) is 9.43. The Morgan fingerprint density at radius 1 is 0.893 bits per heavy atom. The van der Waals surface area contributed by atoms with Crippen LogP contribution in [0.3, 0.4) is 0 Å². The highest BCUT2D eigenvalue weighted by molar-refractivity contribution is 6.30. The van der Waals surface area contributed by atoms with E-state index >= 15 is 0 Å². The second-order valence-electron chi connectivity index (χ2n) is 7.37. The molecular weight excluding hydrogens is 391 g/mol. The molecule has 3 nitrogen and oxygen atoms in total. The maximum Gasteiger partial charge on any atom is 0.0920 e. The van der Waals surface area contributed by atoms with Crippen LogP contribution in [-0.2, 0) is 12.1 Å². The molecule has 1 aliphatic rings. The lowest BCUT2D eigenvalue weighted by Crippen LogP contribution is -2.42. The number of aromatic nitrogens is 1. The summed E-state index contributed by atoms with van der Waals surface area (Å²) in [5, 5.41) is 12.5. The molecule has 1 saturated heterocycles. The van der Waals surface area contributed by atoms with Gasteiger partial charge < -0.3 is 5.11 Å². The third-order valence-corrected chi connectivity index (χ3v) is 5.94. The summed E-state index contributed by atoms with van der Waals surface area (Å²) in [5.74, 6) is 0. The van der Waals surface area contributed by atoms with Crippen LogP contribution >= 0.6 is 23.2 Å². The molecule has 2 aromatic carbocycles. The summed E-state index contributed by atoms with van der Waals surface area (Å²) < 4.78 is 0. The van der Waals surface area contributed by atoms with Crippen molar-refractivity contribution in [2.45, 2.75) is 25.0 Å². The number of aliphatic hydroxyl groups is 1. The van der Waals surface area contributed by atoms with Gasteiger partial charge in [0.1, 0.15) is 0 Å². The van der Waals surface area contributed by atoms with Gasteiger partial charge in [0.15, 0.2) is 0 Å². The molecule has 3 aromatic rings. The Kier molecular flexibility index (Phi) is 5.70. The van der Waals surface area contributed by atoms with Gasteiger partial charge >= 0.3 is 0 Å². The normalized spacial score (nSPS) is 16.8. The van der Waals surface area contributed by atoms with E-state index < -0.39 is 5.60 Å². The van der Waals surface area contributed by atoms with Crippen LogP contribution < -0.4 is 0 Å². The van der Waals surface area contributed by atoms with Crippen LogP contribution in [0, 0.1) is 0 Å². The van der Waals surface area contributed by atoms with Crippen LogP contribution in [0.1, 0.15) is 24.0 Å². The second kappa shape index (κ2) is 8.22. The summed E-state index contributed by atoms with van der Waals surface area (Å²) >= 11 is 12.0. The Morgan fingerprint density at radius 3 is 2.14 bits per heavy atom. The lowest BCUT2D eigenvalue weighted by atomic mass is 9.84. The highest BCUT2D eigenvalue weighted by atomic mass is 35.5. The molecule has 28 heavy (non-hydrogen) atoms. The molecule has 1 aliphatic heterocycles. The summed E-state index contributed by atoms with van der Waals surface area (Å²) in [6, 6.07) is 19.5. The van der Waals surface area contributed by atoms with Crippen LogP contribution in [0.25, 0.3) is 11.3 Å². The zero-order chi connectivity index (χ0) is 19.6. The number of piperidine rings is 1. The lowest BCUT2D eigenvalue weighted by molar-refractivity contribution is -0.0277. The maximum absolute atomic E-state index is 11.0. The number of rotatable bonds is 4. The van der Waals surface area contributed by atoms with Crippen molar-refractivity contribution in [3.63, 3.8) is 0 Å². The van der Waals surface area contributed by atoms with Gasteiger partial charge in [-0.3, -0.25) is 9.88 Å². The SMILES string of the molecule is OC1(c2ccc(Cl)cc2)CCN(Cc2ccnc(-c3ccc(Cl)cc3)c2)CC1. The minimum absolute atomic E-state index is 0.693. The van der Waals surface area contributed by atoms with Crippen LogP contribution in [0.5, 0.6) is 0 Å². The molecule has 0 atom stereocenters. The van der Waals surface area contributed by atoms with E-state index in [-0.39, 0.29) is 0 Å². The molecule has 4 rings (SSSR count). The van der Waals surface area contributed by atoms with Gasteiger partial charge in [0, 0.05) is 41.4 Å². The van der Waals surface area contributed by atoms with Crippen molar-refractivity contribution >= 4 is 23.2 Å². The molecule has 1 N–H and O–H groups in total. The van der Waals surface area contributed by atoms with E-state index in [4.69, 9.17) is 23.2 Å². The van der Waals surface area contributed by atoms with Gasteiger partial charge in [-0.2, -0.15) is 0 Å². The molecule has 5 heteroatoms. The predicted molar refractivity (Wildman–Crippen MR) is 115 cm³/mol. The van der Waals surface area contributed by atoms with Crippen LogP contribution in [0.15, 0.2) is 66.9 Å². The van der Waals surface area contributed by atoms with Gasteiger partial charge in [-0.15, -0.1) is 0 Å². The van der Waals surface area contributed by atoms with Crippen molar-refractivity contribution in [1.82, 2.24) is 9.88 Å². The van der Waals surface area contributed by atoms with Crippen molar-refractivity contribution < 1.29 is 5.11 Å². The van der Waals surface area contributed by atoms with E-state index in [1.807, 2.05) is 54.7 Å². The fourth-order valence-corrected chi connectivity index (χ4v) is 3.99. The Hall–Kier alpha value is -1.91. The average Bonchev–Trinajstić information content (AvgIpc) is 2.71. The van der Waals surface area contributed by atoms with Crippen LogP contribution in [-0.4, -0.2) is 28.1 Å². The van der Waals surface area contributed by atoms with Crippen LogP contribution in [0.2, 0.25) is 10.0 Å². The van der Waals surface area contributed by atoms with Gasteiger partial charge in [-0.1, -0.05) is 47.5 Å². The number of nitrogens with zero attached hydrogens (tertiary/aromatic N) is 2. The summed E-state index contributed by atoms with van der Waals surface area (Å²) in [7, 11) is 0. The van der Waals surface area contributed by atoms with E-state index in [1.165, 1.54) is 5.56 Å². The van der Waals surface area contributed by atoms with Crippen molar-refractivity contribution in [2.24, 2.45) is 0 Å². The van der Waals surface area contributed by atoms with Gasteiger partial charge in [0.2, 0.25) is 0 Å². The molecule has 0 unspecified atom stereocenters. The molecule has 0 saturated carbocycles. The lowest BCUT2D eigenvalue weighted by Gasteiger charge is -2.38. The topological polar surface area (TPSA) is 36.4 Å². The highest BCUT2D eigenvalue weighted by Crippen LogP contribution is 2.34. The molecule has 0 radical (unpaired) electrons. The van der Waals surface area contributed by atoms with Crippen molar-refractivity contribution in [2.75, 3.05) is 13.1 Å². The minimum atomic E-state index is -0.770. The Balaban J connectivity index is 1.42. The van der Waals surface area contributed by atoms with E-state index in [0.717, 1.165) is 41.5 Å². The average molecular weight is 413 g/mol. The first-order valence-corrected chi connectivity index (χ1v) is 10.2. The van der Waals surface area contributed by atoms with Crippen molar-refractivity contribution in [3.05, 3.63) is 88.0 Å². The number of benzene rings is 2.